The lowest BCUT2D eigenvalue weighted by atomic mass is 10.1. The highest BCUT2D eigenvalue weighted by Crippen LogP contribution is 2.36. The topological polar surface area (TPSA) is 32.3 Å². The number of phenolic OH excluding ortho intramolecular Hbond substituents is 1. The Hall–Kier alpha value is -1.96. The maximum absolute atomic E-state index is 9.53. The van der Waals surface area contributed by atoms with Crippen LogP contribution in [0.1, 0.15) is 36.1 Å². The van der Waals surface area contributed by atoms with Gasteiger partial charge in [-0.2, -0.15) is 0 Å². The zero-order valence-corrected chi connectivity index (χ0v) is 11.2. The van der Waals surface area contributed by atoms with E-state index in [1.807, 2.05) is 12.1 Å². The molecule has 2 aromatic carbocycles. The third kappa shape index (κ3) is 2.30. The molecule has 0 fully saturated rings. The number of anilines is 1. The molecule has 0 heterocycles. The second kappa shape index (κ2) is 4.96. The van der Waals surface area contributed by atoms with Gasteiger partial charge in [-0.3, -0.25) is 0 Å². The van der Waals surface area contributed by atoms with Crippen molar-refractivity contribution in [1.29, 1.82) is 0 Å². The summed E-state index contributed by atoms with van der Waals surface area (Å²) in [4.78, 5) is 0. The van der Waals surface area contributed by atoms with E-state index in [2.05, 4.69) is 36.5 Å². The zero-order valence-electron chi connectivity index (χ0n) is 11.2. The fourth-order valence-electron chi connectivity index (χ4n) is 2.91. The molecule has 0 radical (unpaired) electrons. The van der Waals surface area contributed by atoms with Crippen LogP contribution in [0.5, 0.6) is 5.75 Å². The predicted octanol–water partition coefficient (Wildman–Crippen LogP) is 4.05. The molecule has 1 unspecified atom stereocenters. The summed E-state index contributed by atoms with van der Waals surface area (Å²) in [6, 6.07) is 14.6. The molecule has 0 saturated carbocycles. The number of aryl methyl sites for hydroxylation is 2. The van der Waals surface area contributed by atoms with E-state index >= 15 is 0 Å². The Morgan fingerprint density at radius 3 is 2.89 bits per heavy atom. The van der Waals surface area contributed by atoms with Crippen LogP contribution in [-0.2, 0) is 12.8 Å². The summed E-state index contributed by atoms with van der Waals surface area (Å²) in [6.45, 7) is 2.18. The molecule has 0 aromatic heterocycles. The van der Waals surface area contributed by atoms with E-state index in [1.165, 1.54) is 22.4 Å². The van der Waals surface area contributed by atoms with E-state index < -0.39 is 0 Å². The molecule has 0 bridgehead atoms. The third-order valence-electron chi connectivity index (χ3n) is 3.93. The zero-order chi connectivity index (χ0) is 13.2. The standard InChI is InChI=1S/C17H19NO/c1-2-12-5-3-4-6-16(12)18-17-10-7-13-11-14(19)8-9-15(13)17/h3-6,8-9,11,17-19H,2,7,10H2,1H3. The molecule has 0 amide bonds. The van der Waals surface area contributed by atoms with Crippen molar-refractivity contribution in [1.82, 2.24) is 0 Å². The van der Waals surface area contributed by atoms with Gasteiger partial charge >= 0.3 is 0 Å². The Labute approximate surface area is 114 Å². The Bertz CT molecular complexity index is 592. The van der Waals surface area contributed by atoms with Crippen LogP contribution in [0.15, 0.2) is 42.5 Å². The number of para-hydroxylation sites is 1. The highest BCUT2D eigenvalue weighted by Gasteiger charge is 2.22. The average Bonchev–Trinajstić information content (AvgIpc) is 2.82. The van der Waals surface area contributed by atoms with E-state index in [1.54, 1.807) is 6.07 Å². The second-order valence-electron chi connectivity index (χ2n) is 5.13. The maximum Gasteiger partial charge on any atom is 0.115 e. The lowest BCUT2D eigenvalue weighted by molar-refractivity contribution is 0.474. The van der Waals surface area contributed by atoms with E-state index in [0.29, 0.717) is 11.8 Å². The van der Waals surface area contributed by atoms with Gasteiger partial charge in [0.25, 0.3) is 0 Å². The molecule has 2 heteroatoms. The first-order valence-electron chi connectivity index (χ1n) is 6.94. The number of phenols is 1. The second-order valence-corrected chi connectivity index (χ2v) is 5.13. The summed E-state index contributed by atoms with van der Waals surface area (Å²) < 4.78 is 0. The van der Waals surface area contributed by atoms with Gasteiger partial charge in [0.05, 0.1) is 6.04 Å². The third-order valence-corrected chi connectivity index (χ3v) is 3.93. The smallest absolute Gasteiger partial charge is 0.115 e. The molecule has 19 heavy (non-hydrogen) atoms. The number of hydrogen-bond donors (Lipinski definition) is 2. The van der Waals surface area contributed by atoms with E-state index in [9.17, 15) is 5.11 Å². The molecular formula is C17H19NO. The van der Waals surface area contributed by atoms with Crippen molar-refractivity contribution in [3.8, 4) is 5.75 Å². The van der Waals surface area contributed by atoms with Crippen molar-refractivity contribution >= 4 is 5.69 Å². The van der Waals surface area contributed by atoms with Gasteiger partial charge < -0.3 is 10.4 Å². The van der Waals surface area contributed by atoms with Gasteiger partial charge in [-0.15, -0.1) is 0 Å². The first-order valence-corrected chi connectivity index (χ1v) is 6.94. The molecule has 2 nitrogen and oxygen atoms in total. The van der Waals surface area contributed by atoms with E-state index in [4.69, 9.17) is 0 Å². The molecule has 3 rings (SSSR count). The van der Waals surface area contributed by atoms with Gasteiger partial charge in [-0.25, -0.2) is 0 Å². The van der Waals surface area contributed by atoms with Gasteiger partial charge in [-0.05, 0) is 54.2 Å². The van der Waals surface area contributed by atoms with Crippen LogP contribution in [0, 0.1) is 0 Å². The Morgan fingerprint density at radius 1 is 1.21 bits per heavy atom. The summed E-state index contributed by atoms with van der Waals surface area (Å²) in [7, 11) is 0. The van der Waals surface area contributed by atoms with Gasteiger partial charge in [0.1, 0.15) is 5.75 Å². The predicted molar refractivity (Wildman–Crippen MR) is 78.6 cm³/mol. The number of rotatable bonds is 3. The number of hydrogen-bond acceptors (Lipinski definition) is 2. The van der Waals surface area contributed by atoms with Crippen LogP contribution in [0.4, 0.5) is 5.69 Å². The first-order chi connectivity index (χ1) is 9.28. The van der Waals surface area contributed by atoms with E-state index in [-0.39, 0.29) is 0 Å². The van der Waals surface area contributed by atoms with Crippen molar-refractivity contribution in [2.45, 2.75) is 32.2 Å². The molecule has 2 N–H and O–H groups in total. The Kier molecular flexibility index (Phi) is 3.16. The van der Waals surface area contributed by atoms with Gasteiger partial charge in [0, 0.05) is 5.69 Å². The van der Waals surface area contributed by atoms with Gasteiger partial charge in [0.15, 0.2) is 0 Å². The minimum atomic E-state index is 0.364. The van der Waals surface area contributed by atoms with Crippen LogP contribution < -0.4 is 5.32 Å². The van der Waals surface area contributed by atoms with Gasteiger partial charge in [-0.1, -0.05) is 31.2 Å². The lowest BCUT2D eigenvalue weighted by Gasteiger charge is -2.18. The lowest BCUT2D eigenvalue weighted by Crippen LogP contribution is -2.08. The van der Waals surface area contributed by atoms with Crippen molar-refractivity contribution in [3.63, 3.8) is 0 Å². The molecule has 2 aromatic rings. The monoisotopic (exact) mass is 253 g/mol. The van der Waals surface area contributed by atoms with Gasteiger partial charge in [0.2, 0.25) is 0 Å². The minimum Gasteiger partial charge on any atom is -0.508 e. The Morgan fingerprint density at radius 2 is 2.05 bits per heavy atom. The minimum absolute atomic E-state index is 0.364. The summed E-state index contributed by atoms with van der Waals surface area (Å²) in [6.07, 6.45) is 3.17. The van der Waals surface area contributed by atoms with Crippen molar-refractivity contribution < 1.29 is 5.11 Å². The molecule has 0 saturated heterocycles. The molecule has 0 spiro atoms. The summed E-state index contributed by atoms with van der Waals surface area (Å²) in [5.74, 6) is 0.369. The molecule has 1 aliphatic carbocycles. The van der Waals surface area contributed by atoms with Crippen molar-refractivity contribution in [2.75, 3.05) is 5.32 Å². The number of fused-ring (bicyclic) bond motifs is 1. The summed E-state index contributed by atoms with van der Waals surface area (Å²) in [5.41, 5.74) is 5.18. The van der Waals surface area contributed by atoms with Crippen LogP contribution >= 0.6 is 0 Å². The molecule has 98 valence electrons. The van der Waals surface area contributed by atoms with Crippen molar-refractivity contribution in [3.05, 3.63) is 59.2 Å². The fraction of sp³-hybridized carbons (Fsp3) is 0.294. The largest absolute Gasteiger partial charge is 0.508 e. The molecule has 0 aliphatic heterocycles. The van der Waals surface area contributed by atoms with Crippen molar-refractivity contribution in [2.24, 2.45) is 0 Å². The highest BCUT2D eigenvalue weighted by atomic mass is 16.3. The summed E-state index contributed by atoms with van der Waals surface area (Å²) in [5, 5.41) is 13.2. The average molecular weight is 253 g/mol. The normalized spacial score (nSPS) is 17.2. The fourth-order valence-corrected chi connectivity index (χ4v) is 2.91. The molecule has 1 aliphatic rings. The SMILES string of the molecule is CCc1ccccc1NC1CCc2cc(O)ccc21. The molecular weight excluding hydrogens is 234 g/mol. The van der Waals surface area contributed by atoms with Crippen LogP contribution in [0.2, 0.25) is 0 Å². The molecule has 1 atom stereocenters. The number of benzene rings is 2. The highest BCUT2D eigenvalue weighted by molar-refractivity contribution is 5.54. The van der Waals surface area contributed by atoms with Crippen LogP contribution in [0.25, 0.3) is 0 Å². The number of aromatic hydroxyl groups is 1. The summed E-state index contributed by atoms with van der Waals surface area (Å²) >= 11 is 0. The quantitative estimate of drug-likeness (QED) is 0.864. The van der Waals surface area contributed by atoms with Crippen LogP contribution in [-0.4, -0.2) is 5.11 Å². The maximum atomic E-state index is 9.53. The first kappa shape index (κ1) is 12.1. The number of nitrogens with one attached hydrogen (secondary N) is 1. The van der Waals surface area contributed by atoms with E-state index in [0.717, 1.165) is 19.3 Å². The van der Waals surface area contributed by atoms with Crippen LogP contribution in [0.3, 0.4) is 0 Å². The Balaban J connectivity index is 1.87.